The largest absolute Gasteiger partial charge is 0.379 e. The number of anilines is 2. The second-order valence-electron chi connectivity index (χ2n) is 6.48. The summed E-state index contributed by atoms with van der Waals surface area (Å²) in [6, 6.07) is 7.07. The lowest BCUT2D eigenvalue weighted by Crippen LogP contribution is -2.31. The van der Waals surface area contributed by atoms with E-state index in [-0.39, 0.29) is 5.69 Å². The molecule has 9 heteroatoms. The van der Waals surface area contributed by atoms with Gasteiger partial charge in [0, 0.05) is 19.2 Å². The number of rotatable bonds is 7. The molecule has 0 bridgehead atoms. The highest BCUT2D eigenvalue weighted by Crippen LogP contribution is 2.29. The number of nitro groups is 1. The molecule has 0 atom stereocenters. The average molecular weight is 410 g/mol. The van der Waals surface area contributed by atoms with Crippen LogP contribution in [0.1, 0.15) is 18.4 Å². The molecule has 1 fully saturated rings. The summed E-state index contributed by atoms with van der Waals surface area (Å²) < 4.78 is 0. The van der Waals surface area contributed by atoms with Crippen LogP contribution < -0.4 is 16.0 Å². The quantitative estimate of drug-likeness (QED) is 0.465. The first kappa shape index (κ1) is 19.7. The maximum atomic E-state index is 11.3. The predicted octanol–water partition coefficient (Wildman–Crippen LogP) is 4.32. The van der Waals surface area contributed by atoms with Gasteiger partial charge < -0.3 is 16.0 Å². The molecule has 7 nitrogen and oxygen atoms in total. The van der Waals surface area contributed by atoms with Crippen molar-refractivity contribution >= 4 is 40.4 Å². The van der Waals surface area contributed by atoms with Crippen LogP contribution in [0.2, 0.25) is 10.0 Å². The highest BCUT2D eigenvalue weighted by atomic mass is 35.5. The summed E-state index contributed by atoms with van der Waals surface area (Å²) in [5, 5.41) is 22.0. The minimum Gasteiger partial charge on any atom is -0.379 e. The molecule has 0 unspecified atom stereocenters. The molecule has 2 heterocycles. The third-order valence-electron chi connectivity index (χ3n) is 4.61. The van der Waals surface area contributed by atoms with Crippen LogP contribution in [-0.2, 0) is 6.54 Å². The van der Waals surface area contributed by atoms with Gasteiger partial charge in [0.2, 0.25) is 0 Å². The summed E-state index contributed by atoms with van der Waals surface area (Å²) in [5.74, 6) is 1.03. The lowest BCUT2D eigenvalue weighted by molar-refractivity contribution is -0.384. The maximum Gasteiger partial charge on any atom is 0.310 e. The Morgan fingerprint density at radius 3 is 2.78 bits per heavy atom. The van der Waals surface area contributed by atoms with Crippen molar-refractivity contribution in [2.24, 2.45) is 5.92 Å². The Hall–Kier alpha value is -2.09. The van der Waals surface area contributed by atoms with E-state index >= 15 is 0 Å². The number of nitrogens with one attached hydrogen (secondary N) is 3. The Morgan fingerprint density at radius 2 is 2.04 bits per heavy atom. The predicted molar refractivity (Wildman–Crippen MR) is 109 cm³/mol. The van der Waals surface area contributed by atoms with E-state index in [4.69, 9.17) is 23.2 Å². The number of aromatic nitrogens is 1. The zero-order valence-corrected chi connectivity index (χ0v) is 16.2. The monoisotopic (exact) mass is 409 g/mol. The summed E-state index contributed by atoms with van der Waals surface area (Å²) in [6.07, 6.45) is 3.39. The topological polar surface area (TPSA) is 92.1 Å². The molecule has 27 heavy (non-hydrogen) atoms. The normalized spacial score (nSPS) is 14.7. The molecule has 3 rings (SSSR count). The molecule has 1 saturated heterocycles. The Balaban J connectivity index is 1.70. The van der Waals surface area contributed by atoms with Gasteiger partial charge in [0.05, 0.1) is 15.0 Å². The minimum absolute atomic E-state index is 0.0322. The van der Waals surface area contributed by atoms with Crippen LogP contribution in [0.15, 0.2) is 30.5 Å². The van der Waals surface area contributed by atoms with Gasteiger partial charge >= 0.3 is 5.69 Å². The Morgan fingerprint density at radius 1 is 1.26 bits per heavy atom. The molecule has 1 aliphatic rings. The van der Waals surface area contributed by atoms with Gasteiger partial charge in [-0.25, -0.2) is 4.98 Å². The molecule has 3 N–H and O–H groups in total. The van der Waals surface area contributed by atoms with E-state index in [2.05, 4.69) is 20.9 Å². The number of hydrogen-bond donors (Lipinski definition) is 3. The van der Waals surface area contributed by atoms with Gasteiger partial charge in [-0.2, -0.15) is 0 Å². The lowest BCUT2D eigenvalue weighted by Gasteiger charge is -2.23. The molecule has 0 aliphatic carbocycles. The fraction of sp³-hybridized carbons (Fsp3) is 0.389. The van der Waals surface area contributed by atoms with Crippen molar-refractivity contribution in [1.82, 2.24) is 10.3 Å². The number of benzene rings is 1. The molecule has 0 saturated carbocycles. The number of pyridine rings is 1. The van der Waals surface area contributed by atoms with Crippen molar-refractivity contribution < 1.29 is 4.92 Å². The molecule has 1 aliphatic heterocycles. The van der Waals surface area contributed by atoms with Gasteiger partial charge in [0.25, 0.3) is 0 Å². The number of nitrogens with zero attached hydrogens (tertiary/aromatic N) is 2. The van der Waals surface area contributed by atoms with Crippen molar-refractivity contribution in [3.8, 4) is 0 Å². The van der Waals surface area contributed by atoms with Crippen molar-refractivity contribution in [2.75, 3.05) is 30.3 Å². The first-order chi connectivity index (χ1) is 13.0. The van der Waals surface area contributed by atoms with Crippen LogP contribution in [0.5, 0.6) is 0 Å². The van der Waals surface area contributed by atoms with E-state index in [1.54, 1.807) is 12.1 Å². The van der Waals surface area contributed by atoms with E-state index < -0.39 is 4.92 Å². The summed E-state index contributed by atoms with van der Waals surface area (Å²) in [4.78, 5) is 15.0. The van der Waals surface area contributed by atoms with Gasteiger partial charge in [-0.3, -0.25) is 10.1 Å². The molecule has 1 aromatic carbocycles. The van der Waals surface area contributed by atoms with Crippen molar-refractivity contribution in [3.05, 3.63) is 56.2 Å². The highest BCUT2D eigenvalue weighted by molar-refractivity contribution is 6.42. The Kier molecular flexibility index (Phi) is 6.71. The first-order valence-corrected chi connectivity index (χ1v) is 9.56. The van der Waals surface area contributed by atoms with Crippen LogP contribution in [0.4, 0.5) is 17.2 Å². The fourth-order valence-corrected chi connectivity index (χ4v) is 3.43. The van der Waals surface area contributed by atoms with Crippen LogP contribution >= 0.6 is 23.2 Å². The van der Waals surface area contributed by atoms with Gasteiger partial charge in [0.15, 0.2) is 0 Å². The van der Waals surface area contributed by atoms with Gasteiger partial charge in [0.1, 0.15) is 17.7 Å². The second-order valence-corrected chi connectivity index (χ2v) is 7.27. The molecular formula is C18H21Cl2N5O2. The highest BCUT2D eigenvalue weighted by Gasteiger charge is 2.18. The van der Waals surface area contributed by atoms with Gasteiger partial charge in [-0.05, 0) is 43.5 Å². The third-order valence-corrected chi connectivity index (χ3v) is 5.47. The average Bonchev–Trinajstić information content (AvgIpc) is 2.68. The molecule has 1 aromatic heterocycles. The maximum absolute atomic E-state index is 11.3. The second kappa shape index (κ2) is 9.21. The summed E-state index contributed by atoms with van der Waals surface area (Å²) >= 11 is 12.2. The van der Waals surface area contributed by atoms with E-state index in [0.717, 1.165) is 31.5 Å². The number of halogens is 2. The molecule has 144 valence electrons. The van der Waals surface area contributed by atoms with E-state index in [1.165, 1.54) is 6.20 Å². The lowest BCUT2D eigenvalue weighted by atomic mass is 9.98. The summed E-state index contributed by atoms with van der Waals surface area (Å²) in [7, 11) is 0. The van der Waals surface area contributed by atoms with E-state index in [0.29, 0.717) is 40.6 Å². The third kappa shape index (κ3) is 5.22. The van der Waals surface area contributed by atoms with Crippen LogP contribution in [-0.4, -0.2) is 29.5 Å². The van der Waals surface area contributed by atoms with Crippen LogP contribution in [0.3, 0.4) is 0 Å². The fourth-order valence-electron chi connectivity index (χ4n) is 3.04. The molecule has 0 radical (unpaired) electrons. The Bertz CT molecular complexity index is 812. The smallest absolute Gasteiger partial charge is 0.310 e. The zero-order chi connectivity index (χ0) is 19.2. The minimum atomic E-state index is -0.421. The van der Waals surface area contributed by atoms with E-state index in [1.807, 2.05) is 12.1 Å². The van der Waals surface area contributed by atoms with Gasteiger partial charge in [-0.15, -0.1) is 0 Å². The van der Waals surface area contributed by atoms with Crippen LogP contribution in [0, 0.1) is 16.0 Å². The standard InChI is InChI=1S/C18H21Cl2N5O2/c19-14-3-1-2-13(18(14)20)10-23-17-8-15(16(11-24-17)25(26)27)22-9-12-4-6-21-7-5-12/h1-3,8,11-12,21H,4-7,9-10H2,(H2,22,23,24). The number of piperidine rings is 1. The molecule has 0 spiro atoms. The van der Waals surface area contributed by atoms with Crippen molar-refractivity contribution in [2.45, 2.75) is 19.4 Å². The molecule has 2 aromatic rings. The Labute approximate surface area is 167 Å². The molecular weight excluding hydrogens is 389 g/mol. The van der Waals surface area contributed by atoms with Crippen molar-refractivity contribution in [3.63, 3.8) is 0 Å². The van der Waals surface area contributed by atoms with Crippen molar-refractivity contribution in [1.29, 1.82) is 0 Å². The summed E-state index contributed by atoms with van der Waals surface area (Å²) in [5.41, 5.74) is 1.26. The zero-order valence-electron chi connectivity index (χ0n) is 14.7. The SMILES string of the molecule is O=[N+]([O-])c1cnc(NCc2cccc(Cl)c2Cl)cc1NCC1CCNCC1. The van der Waals surface area contributed by atoms with E-state index in [9.17, 15) is 10.1 Å². The van der Waals surface area contributed by atoms with Crippen LogP contribution in [0.25, 0.3) is 0 Å². The number of hydrogen-bond acceptors (Lipinski definition) is 6. The first-order valence-electron chi connectivity index (χ1n) is 8.80. The molecule has 0 amide bonds. The summed E-state index contributed by atoms with van der Waals surface area (Å²) in [6.45, 7) is 3.08. The van der Waals surface area contributed by atoms with Gasteiger partial charge in [-0.1, -0.05) is 35.3 Å².